The average molecular weight is 389 g/mol. The lowest BCUT2D eigenvalue weighted by atomic mass is 9.97. The van der Waals surface area contributed by atoms with Crippen LogP contribution in [0.15, 0.2) is 65.8 Å². The largest absolute Gasteiger partial charge is 0.381 e. The van der Waals surface area contributed by atoms with E-state index in [1.54, 1.807) is 5.57 Å². The van der Waals surface area contributed by atoms with E-state index in [4.69, 9.17) is 0 Å². The summed E-state index contributed by atoms with van der Waals surface area (Å²) in [5, 5.41) is 3.65. The zero-order valence-corrected chi connectivity index (χ0v) is 18.5. The van der Waals surface area contributed by atoms with Crippen LogP contribution < -0.4 is 5.32 Å². The molecule has 2 aromatic carbocycles. The van der Waals surface area contributed by atoms with Crippen LogP contribution in [0.5, 0.6) is 0 Å². The molecule has 3 rings (SSSR count). The van der Waals surface area contributed by atoms with Crippen LogP contribution in [0.1, 0.15) is 50.3 Å². The van der Waals surface area contributed by atoms with Crippen LogP contribution in [-0.4, -0.2) is 30.6 Å². The van der Waals surface area contributed by atoms with Crippen molar-refractivity contribution >= 4 is 11.8 Å². The van der Waals surface area contributed by atoms with Gasteiger partial charge in [0.25, 0.3) is 0 Å². The molecule has 2 heteroatoms. The maximum Gasteiger partial charge on any atom is 0.0419 e. The molecule has 0 spiro atoms. The van der Waals surface area contributed by atoms with Gasteiger partial charge in [-0.15, -0.1) is 0 Å². The van der Waals surface area contributed by atoms with E-state index in [1.807, 2.05) is 0 Å². The van der Waals surface area contributed by atoms with Gasteiger partial charge in [0.1, 0.15) is 0 Å². The van der Waals surface area contributed by atoms with Crippen LogP contribution in [0.3, 0.4) is 0 Å². The Morgan fingerprint density at radius 3 is 2.69 bits per heavy atom. The Morgan fingerprint density at radius 2 is 1.97 bits per heavy atom. The quantitative estimate of drug-likeness (QED) is 0.494. The van der Waals surface area contributed by atoms with Crippen LogP contribution in [0.4, 0.5) is 5.69 Å². The summed E-state index contributed by atoms with van der Waals surface area (Å²) in [5.74, 6) is 0. The minimum Gasteiger partial charge on any atom is -0.381 e. The first-order chi connectivity index (χ1) is 14.1. The number of aryl methyl sites for hydroxylation is 1. The second-order valence-corrected chi connectivity index (χ2v) is 8.24. The van der Waals surface area contributed by atoms with Crippen molar-refractivity contribution in [1.82, 2.24) is 4.90 Å². The third-order valence-corrected chi connectivity index (χ3v) is 6.03. The monoisotopic (exact) mass is 388 g/mol. The molecule has 154 valence electrons. The summed E-state index contributed by atoms with van der Waals surface area (Å²) in [6, 6.07) is 18.0. The summed E-state index contributed by atoms with van der Waals surface area (Å²) in [6.45, 7) is 12.0. The highest BCUT2D eigenvalue weighted by molar-refractivity contribution is 5.73. The predicted molar refractivity (Wildman–Crippen MR) is 127 cm³/mol. The van der Waals surface area contributed by atoms with Crippen LogP contribution in [-0.2, 0) is 6.42 Å². The Labute approximate surface area is 177 Å². The Balaban J connectivity index is 1.79. The van der Waals surface area contributed by atoms with E-state index in [0.717, 1.165) is 26.1 Å². The van der Waals surface area contributed by atoms with Gasteiger partial charge in [0, 0.05) is 31.4 Å². The Morgan fingerprint density at radius 1 is 1.17 bits per heavy atom. The number of hydrogen-bond acceptors (Lipinski definition) is 2. The summed E-state index contributed by atoms with van der Waals surface area (Å²) in [4.78, 5) is 2.66. The van der Waals surface area contributed by atoms with Gasteiger partial charge < -0.3 is 5.32 Å². The third kappa shape index (κ3) is 5.83. The molecule has 1 aliphatic rings. The van der Waals surface area contributed by atoms with Gasteiger partial charge in [-0.1, -0.05) is 73.5 Å². The standard InChI is InChI=1S/C27H36N2/c1-5-10-23(6-2)20-29(16-15-24-11-8-7-9-12-24)22(4)26-18-25-14-13-21(3)17-27(25)28-19-26/h6-9,11-14,17-18,22,28H,5,10,15-16,19-20H2,1-4H3/b23-6+. The van der Waals surface area contributed by atoms with Gasteiger partial charge in [0.05, 0.1) is 0 Å². The van der Waals surface area contributed by atoms with E-state index in [9.17, 15) is 0 Å². The third-order valence-electron chi connectivity index (χ3n) is 6.03. The summed E-state index contributed by atoms with van der Waals surface area (Å²) in [7, 11) is 0. The van der Waals surface area contributed by atoms with E-state index in [-0.39, 0.29) is 0 Å². The summed E-state index contributed by atoms with van der Waals surface area (Å²) in [6.07, 6.45) is 8.20. The van der Waals surface area contributed by atoms with E-state index >= 15 is 0 Å². The second-order valence-electron chi connectivity index (χ2n) is 8.24. The van der Waals surface area contributed by atoms with E-state index in [0.29, 0.717) is 6.04 Å². The molecule has 0 aromatic heterocycles. The number of fused-ring (bicyclic) bond motifs is 1. The highest BCUT2D eigenvalue weighted by Crippen LogP contribution is 2.28. The average Bonchev–Trinajstić information content (AvgIpc) is 2.75. The molecule has 0 saturated heterocycles. The van der Waals surface area contributed by atoms with Crippen molar-refractivity contribution in [3.8, 4) is 0 Å². The van der Waals surface area contributed by atoms with Gasteiger partial charge in [-0.25, -0.2) is 0 Å². The van der Waals surface area contributed by atoms with Gasteiger partial charge in [-0.2, -0.15) is 0 Å². The molecule has 0 amide bonds. The Bertz CT molecular complexity index is 848. The van der Waals surface area contributed by atoms with Crippen LogP contribution in [0.25, 0.3) is 6.08 Å². The molecule has 2 aromatic rings. The van der Waals surface area contributed by atoms with Crippen molar-refractivity contribution in [2.24, 2.45) is 0 Å². The molecule has 1 N–H and O–H groups in total. The smallest absolute Gasteiger partial charge is 0.0419 e. The molecule has 0 aliphatic carbocycles. The van der Waals surface area contributed by atoms with Gasteiger partial charge in [0.2, 0.25) is 0 Å². The first-order valence-electron chi connectivity index (χ1n) is 11.1. The molecule has 1 heterocycles. The molecular weight excluding hydrogens is 352 g/mol. The van der Waals surface area contributed by atoms with Crippen LogP contribution in [0, 0.1) is 6.92 Å². The SMILES string of the molecule is C/C=C(\CCC)CN(CCc1ccccc1)C(C)C1=Cc2ccc(C)cc2NC1. The molecule has 1 unspecified atom stereocenters. The van der Waals surface area contributed by atoms with Crippen molar-refractivity contribution in [3.63, 3.8) is 0 Å². The Hall–Kier alpha value is -2.32. The van der Waals surface area contributed by atoms with Crippen molar-refractivity contribution in [2.45, 2.75) is 53.0 Å². The van der Waals surface area contributed by atoms with E-state index < -0.39 is 0 Å². The molecule has 2 nitrogen and oxygen atoms in total. The maximum absolute atomic E-state index is 3.65. The normalized spacial score (nSPS) is 14.9. The highest BCUT2D eigenvalue weighted by Gasteiger charge is 2.21. The van der Waals surface area contributed by atoms with Gasteiger partial charge >= 0.3 is 0 Å². The lowest BCUT2D eigenvalue weighted by Gasteiger charge is -2.34. The molecule has 0 fully saturated rings. The van der Waals surface area contributed by atoms with E-state index in [2.05, 4.69) is 98.6 Å². The van der Waals surface area contributed by atoms with Gasteiger partial charge in [-0.3, -0.25) is 4.90 Å². The minimum atomic E-state index is 0.410. The fraction of sp³-hybridized carbons (Fsp3) is 0.407. The highest BCUT2D eigenvalue weighted by atomic mass is 15.2. The fourth-order valence-corrected chi connectivity index (χ4v) is 4.12. The topological polar surface area (TPSA) is 15.3 Å². The fourth-order valence-electron chi connectivity index (χ4n) is 4.12. The maximum atomic E-state index is 3.65. The zero-order chi connectivity index (χ0) is 20.6. The molecule has 1 atom stereocenters. The number of anilines is 1. The van der Waals surface area contributed by atoms with Gasteiger partial charge in [-0.05, 0) is 61.9 Å². The number of allylic oxidation sites excluding steroid dienone is 1. The summed E-state index contributed by atoms with van der Waals surface area (Å²) < 4.78 is 0. The van der Waals surface area contributed by atoms with Crippen LogP contribution >= 0.6 is 0 Å². The zero-order valence-electron chi connectivity index (χ0n) is 18.5. The minimum absolute atomic E-state index is 0.410. The van der Waals surface area contributed by atoms with Gasteiger partial charge in [0.15, 0.2) is 0 Å². The van der Waals surface area contributed by atoms with Crippen molar-refractivity contribution in [2.75, 3.05) is 25.0 Å². The molecule has 29 heavy (non-hydrogen) atoms. The number of rotatable bonds is 9. The second kappa shape index (κ2) is 10.5. The number of nitrogens with zero attached hydrogens (tertiary/aromatic N) is 1. The predicted octanol–water partition coefficient (Wildman–Crippen LogP) is 6.48. The van der Waals surface area contributed by atoms with E-state index in [1.165, 1.54) is 40.8 Å². The summed E-state index contributed by atoms with van der Waals surface area (Å²) in [5.41, 5.74) is 8.32. The first kappa shape index (κ1) is 21.4. The Kier molecular flexibility index (Phi) is 7.71. The number of hydrogen-bond donors (Lipinski definition) is 1. The lowest BCUT2D eigenvalue weighted by Crippen LogP contribution is -2.39. The van der Waals surface area contributed by atoms with Crippen molar-refractivity contribution < 1.29 is 0 Å². The number of nitrogens with one attached hydrogen (secondary N) is 1. The molecule has 1 aliphatic heterocycles. The summed E-state index contributed by atoms with van der Waals surface area (Å²) >= 11 is 0. The lowest BCUT2D eigenvalue weighted by molar-refractivity contribution is 0.253. The molecular formula is C27H36N2. The molecule has 0 bridgehead atoms. The van der Waals surface area contributed by atoms with Crippen molar-refractivity contribution in [1.29, 1.82) is 0 Å². The van der Waals surface area contributed by atoms with Crippen molar-refractivity contribution in [3.05, 3.63) is 82.4 Å². The molecule has 0 saturated carbocycles. The number of benzene rings is 2. The molecule has 0 radical (unpaired) electrons. The van der Waals surface area contributed by atoms with Crippen LogP contribution in [0.2, 0.25) is 0 Å². The first-order valence-corrected chi connectivity index (χ1v) is 11.1.